The summed E-state index contributed by atoms with van der Waals surface area (Å²) in [7, 11) is 1.61. The Kier molecular flexibility index (Phi) is 5.18. The molecule has 0 saturated carbocycles. The van der Waals surface area contributed by atoms with Crippen molar-refractivity contribution in [3.05, 3.63) is 22.4 Å². The van der Waals surface area contributed by atoms with Crippen molar-refractivity contribution in [2.75, 3.05) is 20.1 Å². The first-order chi connectivity index (χ1) is 10.4. The van der Waals surface area contributed by atoms with Gasteiger partial charge >= 0.3 is 0 Å². The summed E-state index contributed by atoms with van der Waals surface area (Å²) in [4.78, 5) is 39.6. The monoisotopic (exact) mass is 323 g/mol. The number of thiophene rings is 1. The lowest BCUT2D eigenvalue weighted by Gasteiger charge is -2.37. The van der Waals surface area contributed by atoms with E-state index in [1.54, 1.807) is 24.1 Å². The van der Waals surface area contributed by atoms with E-state index in [2.05, 4.69) is 0 Å². The molecular formula is C15H21N3O3S. The molecule has 2 N–H and O–H groups in total. The van der Waals surface area contributed by atoms with Gasteiger partial charge in [0.1, 0.15) is 0 Å². The molecule has 0 aromatic carbocycles. The average Bonchev–Trinajstić information content (AvgIpc) is 3.00. The van der Waals surface area contributed by atoms with Crippen molar-refractivity contribution in [3.8, 4) is 0 Å². The van der Waals surface area contributed by atoms with Gasteiger partial charge in [-0.15, -0.1) is 11.3 Å². The largest absolute Gasteiger partial charge is 0.369 e. The summed E-state index contributed by atoms with van der Waals surface area (Å²) in [6, 6.07) is 3.60. The van der Waals surface area contributed by atoms with Crippen LogP contribution in [0.25, 0.3) is 0 Å². The van der Waals surface area contributed by atoms with Crippen LogP contribution in [0.3, 0.4) is 0 Å². The van der Waals surface area contributed by atoms with E-state index in [0.717, 1.165) is 6.42 Å². The van der Waals surface area contributed by atoms with Gasteiger partial charge in [0.2, 0.25) is 11.8 Å². The van der Waals surface area contributed by atoms with Gasteiger partial charge in [-0.1, -0.05) is 6.07 Å². The molecule has 0 bridgehead atoms. The Balaban J connectivity index is 1.98. The Hall–Kier alpha value is -1.89. The summed E-state index contributed by atoms with van der Waals surface area (Å²) in [5, 5.41) is 1.83. The molecule has 2 heterocycles. The summed E-state index contributed by atoms with van der Waals surface area (Å²) in [6.45, 7) is 2.30. The van der Waals surface area contributed by atoms with Crippen LogP contribution in [-0.2, 0) is 9.59 Å². The minimum Gasteiger partial charge on any atom is -0.369 e. The van der Waals surface area contributed by atoms with E-state index in [4.69, 9.17) is 5.73 Å². The van der Waals surface area contributed by atoms with Crippen molar-refractivity contribution in [1.82, 2.24) is 9.80 Å². The van der Waals surface area contributed by atoms with Crippen molar-refractivity contribution in [2.24, 2.45) is 11.7 Å². The third kappa shape index (κ3) is 3.65. The van der Waals surface area contributed by atoms with Gasteiger partial charge in [-0.2, -0.15) is 0 Å². The number of amides is 3. The Bertz CT molecular complexity index is 558. The molecule has 1 aliphatic heterocycles. The van der Waals surface area contributed by atoms with Gasteiger partial charge in [0.05, 0.1) is 17.3 Å². The summed E-state index contributed by atoms with van der Waals surface area (Å²) >= 11 is 1.35. The topological polar surface area (TPSA) is 83.7 Å². The molecule has 0 aliphatic carbocycles. The zero-order chi connectivity index (χ0) is 16.3. The maximum absolute atomic E-state index is 12.4. The number of piperidine rings is 1. The molecular weight excluding hydrogens is 302 g/mol. The number of hydrogen-bond acceptors (Lipinski definition) is 4. The number of nitrogens with zero attached hydrogens (tertiary/aromatic N) is 2. The van der Waals surface area contributed by atoms with E-state index in [9.17, 15) is 14.4 Å². The number of primary amides is 1. The molecule has 1 aromatic heterocycles. The van der Waals surface area contributed by atoms with Crippen LogP contribution < -0.4 is 5.73 Å². The fraction of sp³-hybridized carbons (Fsp3) is 0.533. The molecule has 1 fully saturated rings. The van der Waals surface area contributed by atoms with Gasteiger partial charge < -0.3 is 15.5 Å². The van der Waals surface area contributed by atoms with Crippen LogP contribution in [0.15, 0.2) is 17.5 Å². The molecule has 2 unspecified atom stereocenters. The van der Waals surface area contributed by atoms with Gasteiger partial charge in [0.25, 0.3) is 5.91 Å². The smallest absolute Gasteiger partial charge is 0.264 e. The SMILES string of the molecule is CC1CCC(C(N)=O)CN1C(=O)CN(C)C(=O)c1cccs1. The fourth-order valence-electron chi connectivity index (χ4n) is 2.64. The highest BCUT2D eigenvalue weighted by molar-refractivity contribution is 7.12. The summed E-state index contributed by atoms with van der Waals surface area (Å²) in [6.07, 6.45) is 1.46. The highest BCUT2D eigenvalue weighted by Crippen LogP contribution is 2.22. The van der Waals surface area contributed by atoms with Gasteiger partial charge in [0.15, 0.2) is 0 Å². The molecule has 120 valence electrons. The number of carbonyl (C=O) groups excluding carboxylic acids is 3. The number of hydrogen-bond donors (Lipinski definition) is 1. The Morgan fingerprint density at radius 1 is 1.41 bits per heavy atom. The summed E-state index contributed by atoms with van der Waals surface area (Å²) in [5.41, 5.74) is 5.35. The molecule has 1 saturated heterocycles. The highest BCUT2D eigenvalue weighted by atomic mass is 32.1. The zero-order valence-electron chi connectivity index (χ0n) is 12.8. The van der Waals surface area contributed by atoms with Gasteiger partial charge in [-0.25, -0.2) is 0 Å². The van der Waals surface area contributed by atoms with E-state index in [1.165, 1.54) is 16.2 Å². The Labute approximate surface area is 133 Å². The first kappa shape index (κ1) is 16.5. The first-order valence-electron chi connectivity index (χ1n) is 7.28. The van der Waals surface area contributed by atoms with Crippen molar-refractivity contribution < 1.29 is 14.4 Å². The minimum absolute atomic E-state index is 0.00650. The fourth-order valence-corrected chi connectivity index (χ4v) is 3.36. The van der Waals surface area contributed by atoms with E-state index in [-0.39, 0.29) is 36.2 Å². The molecule has 2 atom stereocenters. The second-order valence-electron chi connectivity index (χ2n) is 5.71. The van der Waals surface area contributed by atoms with Crippen LogP contribution >= 0.6 is 11.3 Å². The van der Waals surface area contributed by atoms with E-state index >= 15 is 0 Å². The van der Waals surface area contributed by atoms with E-state index in [1.807, 2.05) is 12.3 Å². The third-order valence-corrected chi connectivity index (χ3v) is 4.91. The molecule has 0 radical (unpaired) electrons. The van der Waals surface area contributed by atoms with Crippen molar-refractivity contribution in [3.63, 3.8) is 0 Å². The number of rotatable bonds is 4. The standard InChI is InChI=1S/C15H21N3O3S/c1-10-5-6-11(14(16)20)8-18(10)13(19)9-17(2)15(21)12-4-3-7-22-12/h3-4,7,10-11H,5-6,8-9H2,1-2H3,(H2,16,20). The zero-order valence-corrected chi connectivity index (χ0v) is 13.6. The van der Waals surface area contributed by atoms with Gasteiger partial charge in [0, 0.05) is 19.6 Å². The maximum Gasteiger partial charge on any atom is 0.264 e. The lowest BCUT2D eigenvalue weighted by atomic mass is 9.93. The van der Waals surface area contributed by atoms with Gasteiger partial charge in [-0.05, 0) is 31.2 Å². The van der Waals surface area contributed by atoms with Crippen LogP contribution in [0.5, 0.6) is 0 Å². The molecule has 2 rings (SSSR count). The van der Waals surface area contributed by atoms with Gasteiger partial charge in [-0.3, -0.25) is 14.4 Å². The normalized spacial score (nSPS) is 21.5. The second kappa shape index (κ2) is 6.91. The predicted octanol–water partition coefficient (Wildman–Crippen LogP) is 0.932. The number of likely N-dealkylation sites (tertiary alicyclic amines) is 1. The van der Waals surface area contributed by atoms with E-state index in [0.29, 0.717) is 17.8 Å². The van der Waals surface area contributed by atoms with Crippen LogP contribution in [0, 0.1) is 5.92 Å². The summed E-state index contributed by atoms with van der Waals surface area (Å²) < 4.78 is 0. The van der Waals surface area contributed by atoms with Crippen LogP contribution in [0.1, 0.15) is 29.4 Å². The summed E-state index contributed by atoms with van der Waals surface area (Å²) in [5.74, 6) is -0.975. The number of nitrogens with two attached hydrogens (primary N) is 1. The van der Waals surface area contributed by atoms with Crippen molar-refractivity contribution in [2.45, 2.75) is 25.8 Å². The van der Waals surface area contributed by atoms with E-state index < -0.39 is 0 Å². The van der Waals surface area contributed by atoms with Crippen molar-refractivity contribution in [1.29, 1.82) is 0 Å². The lowest BCUT2D eigenvalue weighted by molar-refractivity contribution is -0.138. The second-order valence-corrected chi connectivity index (χ2v) is 6.66. The van der Waals surface area contributed by atoms with Crippen LogP contribution in [-0.4, -0.2) is 53.7 Å². The quantitative estimate of drug-likeness (QED) is 0.895. The molecule has 1 aliphatic rings. The molecule has 7 heteroatoms. The maximum atomic E-state index is 12.4. The molecule has 22 heavy (non-hydrogen) atoms. The van der Waals surface area contributed by atoms with Crippen molar-refractivity contribution >= 4 is 29.1 Å². The number of carbonyl (C=O) groups is 3. The lowest BCUT2D eigenvalue weighted by Crippen LogP contribution is -2.51. The Morgan fingerprint density at radius 2 is 2.14 bits per heavy atom. The first-order valence-corrected chi connectivity index (χ1v) is 8.16. The van der Waals surface area contributed by atoms with Crippen LogP contribution in [0.4, 0.5) is 0 Å². The predicted molar refractivity (Wildman–Crippen MR) is 84.4 cm³/mol. The number of likely N-dealkylation sites (N-methyl/N-ethyl adjacent to an activating group) is 1. The average molecular weight is 323 g/mol. The molecule has 3 amide bonds. The molecule has 0 spiro atoms. The third-order valence-electron chi connectivity index (χ3n) is 4.06. The minimum atomic E-state index is -0.368. The van der Waals surface area contributed by atoms with Crippen LogP contribution in [0.2, 0.25) is 0 Å². The Morgan fingerprint density at radius 3 is 2.73 bits per heavy atom. The highest BCUT2D eigenvalue weighted by Gasteiger charge is 2.32. The molecule has 1 aromatic rings. The molecule has 6 nitrogen and oxygen atoms in total.